The molecule has 2 N–H and O–H groups in total. The summed E-state index contributed by atoms with van der Waals surface area (Å²) >= 11 is 0. The Bertz CT molecular complexity index is 335. The van der Waals surface area contributed by atoms with Crippen LogP contribution in [0.3, 0.4) is 0 Å². The van der Waals surface area contributed by atoms with Gasteiger partial charge in [-0.05, 0) is 38.3 Å². The summed E-state index contributed by atoms with van der Waals surface area (Å²) < 4.78 is 5.31. The Hall–Kier alpha value is -1.29. The summed E-state index contributed by atoms with van der Waals surface area (Å²) in [5, 5.41) is 6.22. The zero-order chi connectivity index (χ0) is 11.4. The maximum atomic E-state index is 11.7. The standard InChI is InChI=1S/C12H18N2O2/c1-9(11-6-4-8-16-11)14-10-5-2-3-7-13-12(10)15/h4,6,8-10,14H,2-3,5,7H2,1H3,(H,13,15). The van der Waals surface area contributed by atoms with Crippen LogP contribution < -0.4 is 10.6 Å². The zero-order valence-electron chi connectivity index (χ0n) is 9.53. The lowest BCUT2D eigenvalue weighted by Crippen LogP contribution is -2.43. The van der Waals surface area contributed by atoms with Crippen molar-refractivity contribution in [1.29, 1.82) is 0 Å². The van der Waals surface area contributed by atoms with Crippen molar-refractivity contribution in [2.75, 3.05) is 6.54 Å². The molecule has 0 saturated carbocycles. The van der Waals surface area contributed by atoms with Crippen LogP contribution in [0.25, 0.3) is 0 Å². The van der Waals surface area contributed by atoms with Gasteiger partial charge >= 0.3 is 0 Å². The van der Waals surface area contributed by atoms with E-state index < -0.39 is 0 Å². The minimum absolute atomic E-state index is 0.0730. The molecule has 0 radical (unpaired) electrons. The average Bonchev–Trinajstić information content (AvgIpc) is 2.73. The lowest BCUT2D eigenvalue weighted by Gasteiger charge is -2.19. The Morgan fingerprint density at radius 1 is 1.56 bits per heavy atom. The smallest absolute Gasteiger partial charge is 0.237 e. The Kier molecular flexibility index (Phi) is 3.62. The predicted octanol–water partition coefficient (Wildman–Crippen LogP) is 1.60. The number of carbonyl (C=O) groups excluding carboxylic acids is 1. The largest absolute Gasteiger partial charge is 0.468 e. The highest BCUT2D eigenvalue weighted by atomic mass is 16.3. The van der Waals surface area contributed by atoms with E-state index in [9.17, 15) is 4.79 Å². The van der Waals surface area contributed by atoms with Crippen molar-refractivity contribution in [3.63, 3.8) is 0 Å². The Balaban J connectivity index is 1.94. The van der Waals surface area contributed by atoms with Gasteiger partial charge in [-0.2, -0.15) is 0 Å². The van der Waals surface area contributed by atoms with Gasteiger partial charge < -0.3 is 9.73 Å². The van der Waals surface area contributed by atoms with Crippen LogP contribution in [0.5, 0.6) is 0 Å². The molecule has 0 bridgehead atoms. The Labute approximate surface area is 95.4 Å². The van der Waals surface area contributed by atoms with E-state index in [0.717, 1.165) is 31.6 Å². The fourth-order valence-corrected chi connectivity index (χ4v) is 2.02. The molecule has 2 unspecified atom stereocenters. The van der Waals surface area contributed by atoms with E-state index in [1.807, 2.05) is 19.1 Å². The number of hydrogen-bond donors (Lipinski definition) is 2. The second-order valence-electron chi connectivity index (χ2n) is 4.24. The summed E-state index contributed by atoms with van der Waals surface area (Å²) in [5.74, 6) is 0.980. The van der Waals surface area contributed by atoms with Gasteiger partial charge in [0, 0.05) is 6.54 Å². The molecule has 16 heavy (non-hydrogen) atoms. The highest BCUT2D eigenvalue weighted by molar-refractivity contribution is 5.81. The molecule has 1 aromatic heterocycles. The van der Waals surface area contributed by atoms with Crippen LogP contribution in [0.1, 0.15) is 38.0 Å². The summed E-state index contributed by atoms with van der Waals surface area (Å²) in [5.41, 5.74) is 0. The van der Waals surface area contributed by atoms with Crippen LogP contribution in [0.4, 0.5) is 0 Å². The molecule has 88 valence electrons. The molecule has 2 heterocycles. The van der Waals surface area contributed by atoms with Crippen molar-refractivity contribution in [3.05, 3.63) is 24.2 Å². The van der Waals surface area contributed by atoms with Crippen molar-refractivity contribution in [1.82, 2.24) is 10.6 Å². The van der Waals surface area contributed by atoms with Gasteiger partial charge in [-0.3, -0.25) is 10.1 Å². The van der Waals surface area contributed by atoms with Gasteiger partial charge in [0.2, 0.25) is 5.91 Å². The normalized spacial score (nSPS) is 23.6. The molecule has 1 fully saturated rings. The molecule has 2 atom stereocenters. The van der Waals surface area contributed by atoms with Crippen molar-refractivity contribution < 1.29 is 9.21 Å². The summed E-state index contributed by atoms with van der Waals surface area (Å²) in [6.07, 6.45) is 4.71. The molecule has 0 spiro atoms. The number of carbonyl (C=O) groups is 1. The molecular weight excluding hydrogens is 204 g/mol. The minimum Gasteiger partial charge on any atom is -0.468 e. The molecular formula is C12H18N2O2. The van der Waals surface area contributed by atoms with E-state index in [2.05, 4.69) is 10.6 Å². The molecule has 1 saturated heterocycles. The first-order valence-electron chi connectivity index (χ1n) is 5.84. The molecule has 2 rings (SSSR count). The highest BCUT2D eigenvalue weighted by Crippen LogP contribution is 2.15. The van der Waals surface area contributed by atoms with Crippen molar-refractivity contribution in [2.24, 2.45) is 0 Å². The van der Waals surface area contributed by atoms with Gasteiger partial charge in [0.1, 0.15) is 5.76 Å². The van der Waals surface area contributed by atoms with Gasteiger partial charge in [0.05, 0.1) is 18.3 Å². The first-order chi connectivity index (χ1) is 7.77. The molecule has 4 heteroatoms. The molecule has 0 aliphatic carbocycles. The Morgan fingerprint density at radius 2 is 2.44 bits per heavy atom. The third-order valence-corrected chi connectivity index (χ3v) is 2.96. The lowest BCUT2D eigenvalue weighted by molar-refractivity contribution is -0.123. The molecule has 1 aromatic rings. The summed E-state index contributed by atoms with van der Waals surface area (Å²) in [4.78, 5) is 11.7. The van der Waals surface area contributed by atoms with E-state index in [1.165, 1.54) is 0 Å². The third kappa shape index (κ3) is 2.64. The average molecular weight is 222 g/mol. The lowest BCUT2D eigenvalue weighted by atomic mass is 10.1. The van der Waals surface area contributed by atoms with Gasteiger partial charge in [0.15, 0.2) is 0 Å². The number of amides is 1. The molecule has 1 amide bonds. The van der Waals surface area contributed by atoms with Crippen molar-refractivity contribution in [3.8, 4) is 0 Å². The van der Waals surface area contributed by atoms with E-state index >= 15 is 0 Å². The molecule has 1 aliphatic rings. The van der Waals surface area contributed by atoms with Crippen LogP contribution in [-0.4, -0.2) is 18.5 Å². The fourth-order valence-electron chi connectivity index (χ4n) is 2.02. The maximum absolute atomic E-state index is 11.7. The number of nitrogens with one attached hydrogen (secondary N) is 2. The predicted molar refractivity (Wildman–Crippen MR) is 60.9 cm³/mol. The number of hydrogen-bond acceptors (Lipinski definition) is 3. The molecule has 1 aliphatic heterocycles. The quantitative estimate of drug-likeness (QED) is 0.816. The third-order valence-electron chi connectivity index (χ3n) is 2.96. The highest BCUT2D eigenvalue weighted by Gasteiger charge is 2.23. The van der Waals surface area contributed by atoms with Crippen LogP contribution >= 0.6 is 0 Å². The van der Waals surface area contributed by atoms with Crippen molar-refractivity contribution >= 4 is 5.91 Å². The number of furan rings is 1. The van der Waals surface area contributed by atoms with E-state index in [4.69, 9.17) is 4.42 Å². The van der Waals surface area contributed by atoms with E-state index in [-0.39, 0.29) is 18.0 Å². The summed E-state index contributed by atoms with van der Waals surface area (Å²) in [7, 11) is 0. The first kappa shape index (κ1) is 11.2. The van der Waals surface area contributed by atoms with Crippen LogP contribution in [0, 0.1) is 0 Å². The molecule has 4 nitrogen and oxygen atoms in total. The van der Waals surface area contributed by atoms with E-state index in [1.54, 1.807) is 6.26 Å². The van der Waals surface area contributed by atoms with Gasteiger partial charge in [-0.15, -0.1) is 0 Å². The fraction of sp³-hybridized carbons (Fsp3) is 0.583. The monoisotopic (exact) mass is 222 g/mol. The van der Waals surface area contributed by atoms with Crippen LogP contribution in [-0.2, 0) is 4.79 Å². The van der Waals surface area contributed by atoms with Gasteiger partial charge in [0.25, 0.3) is 0 Å². The van der Waals surface area contributed by atoms with Crippen LogP contribution in [0.15, 0.2) is 22.8 Å². The SMILES string of the molecule is CC(NC1CCCCNC1=O)c1ccco1. The summed E-state index contributed by atoms with van der Waals surface area (Å²) in [6.45, 7) is 2.81. The number of rotatable bonds is 3. The van der Waals surface area contributed by atoms with Crippen LogP contribution in [0.2, 0.25) is 0 Å². The van der Waals surface area contributed by atoms with Gasteiger partial charge in [-0.25, -0.2) is 0 Å². The minimum atomic E-state index is -0.0948. The van der Waals surface area contributed by atoms with E-state index in [0.29, 0.717) is 0 Å². The summed E-state index contributed by atoms with van der Waals surface area (Å²) in [6, 6.07) is 3.76. The first-order valence-corrected chi connectivity index (χ1v) is 5.84. The van der Waals surface area contributed by atoms with Crippen molar-refractivity contribution in [2.45, 2.75) is 38.3 Å². The second kappa shape index (κ2) is 5.16. The topological polar surface area (TPSA) is 54.3 Å². The van der Waals surface area contributed by atoms with Gasteiger partial charge in [-0.1, -0.05) is 0 Å². The zero-order valence-corrected chi connectivity index (χ0v) is 9.53. The maximum Gasteiger partial charge on any atom is 0.237 e. The molecule has 0 aromatic carbocycles. The Morgan fingerprint density at radius 3 is 3.19 bits per heavy atom. The second-order valence-corrected chi connectivity index (χ2v) is 4.24.